The van der Waals surface area contributed by atoms with Gasteiger partial charge in [0.15, 0.2) is 6.10 Å². The van der Waals surface area contributed by atoms with Crippen LogP contribution in [-0.2, 0) is 37.4 Å². The van der Waals surface area contributed by atoms with Crippen molar-refractivity contribution in [2.75, 3.05) is 47.5 Å². The molecular formula is C42H82NO9P. The van der Waals surface area contributed by atoms with Crippen molar-refractivity contribution in [1.82, 2.24) is 0 Å². The molecule has 0 saturated carbocycles. The molecule has 0 radical (unpaired) electrons. The lowest BCUT2D eigenvalue weighted by atomic mass is 10.0. The number of nitrogens with zero attached hydrogens (tertiary/aromatic N) is 1. The van der Waals surface area contributed by atoms with E-state index in [0.29, 0.717) is 29.7 Å². The Hall–Kier alpha value is -1.03. The molecule has 4 atom stereocenters. The summed E-state index contributed by atoms with van der Waals surface area (Å²) in [4.78, 5) is 37.5. The fraction of sp³-hybridized carbons (Fsp3) is 0.952. The first-order valence-corrected chi connectivity index (χ1v) is 23.3. The molecule has 314 valence electrons. The maximum atomic E-state index is 12.7. The second-order valence-electron chi connectivity index (χ2n) is 16.5. The first-order chi connectivity index (χ1) is 25.5. The van der Waals surface area contributed by atoms with Crippen LogP contribution >= 0.6 is 7.82 Å². The Kier molecular flexibility index (Phi) is 30.3. The minimum absolute atomic E-state index is 0.0314. The Morgan fingerprint density at radius 3 is 1.47 bits per heavy atom. The number of phosphoric ester groups is 1. The highest BCUT2D eigenvalue weighted by atomic mass is 31.2. The number of likely N-dealkylation sites (N-methyl/N-ethyl adjacent to an activating group) is 1. The van der Waals surface area contributed by atoms with Gasteiger partial charge in [-0.2, -0.15) is 0 Å². The van der Waals surface area contributed by atoms with Crippen molar-refractivity contribution in [3.63, 3.8) is 0 Å². The van der Waals surface area contributed by atoms with Crippen LogP contribution in [0.4, 0.5) is 0 Å². The summed E-state index contributed by atoms with van der Waals surface area (Å²) >= 11 is 0. The van der Waals surface area contributed by atoms with E-state index in [9.17, 15) is 19.0 Å². The van der Waals surface area contributed by atoms with Crippen molar-refractivity contribution in [3.8, 4) is 0 Å². The van der Waals surface area contributed by atoms with Gasteiger partial charge in [-0.3, -0.25) is 14.2 Å². The van der Waals surface area contributed by atoms with E-state index in [1.54, 1.807) is 0 Å². The average Bonchev–Trinajstić information content (AvgIpc) is 3.86. The largest absolute Gasteiger partial charge is 0.756 e. The molecule has 0 aromatic carbocycles. The van der Waals surface area contributed by atoms with Gasteiger partial charge in [0.2, 0.25) is 0 Å². The van der Waals surface area contributed by atoms with Gasteiger partial charge in [-0.25, -0.2) is 0 Å². The standard InChI is InChI=1S/C42H82NO9P/c1-6-8-10-12-14-15-16-17-18-19-20-24-28-32-41(44)48-36-38(37-50-53(46,47)49-35-34-43(3,4)5)51-42(45)33-29-25-21-23-27-31-40-39(52-40)30-26-22-13-11-9-7-2/h38-40H,6-37H2,1-5H3/t38-,39?,40?/m1/s1. The van der Waals surface area contributed by atoms with Crippen LogP contribution in [0, 0.1) is 0 Å². The fourth-order valence-electron chi connectivity index (χ4n) is 6.50. The summed E-state index contributed by atoms with van der Waals surface area (Å²) in [5.41, 5.74) is 0. The molecule has 1 rings (SSSR count). The van der Waals surface area contributed by atoms with Crippen molar-refractivity contribution >= 4 is 19.8 Å². The van der Waals surface area contributed by atoms with Crippen LogP contribution in [0.15, 0.2) is 0 Å². The van der Waals surface area contributed by atoms with E-state index < -0.39 is 26.5 Å². The predicted octanol–water partition coefficient (Wildman–Crippen LogP) is 10.4. The Morgan fingerprint density at radius 2 is 1.02 bits per heavy atom. The third kappa shape index (κ3) is 32.9. The first-order valence-electron chi connectivity index (χ1n) is 21.9. The molecule has 0 N–H and O–H groups in total. The van der Waals surface area contributed by atoms with E-state index in [0.717, 1.165) is 51.4 Å². The molecule has 1 aliphatic rings. The molecule has 11 heteroatoms. The Morgan fingerprint density at radius 1 is 0.604 bits per heavy atom. The van der Waals surface area contributed by atoms with Gasteiger partial charge < -0.3 is 32.6 Å². The number of carbonyl (C=O) groups is 2. The number of carbonyl (C=O) groups excluding carboxylic acids is 2. The van der Waals surface area contributed by atoms with Gasteiger partial charge in [-0.15, -0.1) is 0 Å². The summed E-state index contributed by atoms with van der Waals surface area (Å²) in [6.45, 7) is 4.21. The second kappa shape index (κ2) is 32.1. The van der Waals surface area contributed by atoms with Gasteiger partial charge in [0.1, 0.15) is 19.8 Å². The molecule has 1 aliphatic heterocycles. The first kappa shape index (κ1) is 50.0. The van der Waals surface area contributed by atoms with E-state index in [1.165, 1.54) is 109 Å². The SMILES string of the molecule is CCCCCCCCCCCCCCCC(=O)OC[C@H](COP(=O)([O-])OCC[N+](C)(C)C)OC(=O)CCCCCCCC1OC1CCCCCCCC. The van der Waals surface area contributed by atoms with Crippen molar-refractivity contribution in [1.29, 1.82) is 0 Å². The third-order valence-electron chi connectivity index (χ3n) is 10.0. The maximum Gasteiger partial charge on any atom is 0.306 e. The number of hydrogen-bond donors (Lipinski definition) is 0. The quantitative estimate of drug-likeness (QED) is 0.0197. The van der Waals surface area contributed by atoms with Crippen molar-refractivity contribution < 1.29 is 46.8 Å². The van der Waals surface area contributed by atoms with E-state index >= 15 is 0 Å². The maximum absolute atomic E-state index is 12.7. The number of epoxide rings is 1. The number of unbranched alkanes of at least 4 members (excludes halogenated alkanes) is 21. The summed E-state index contributed by atoms with van der Waals surface area (Å²) in [5.74, 6) is -0.842. The lowest BCUT2D eigenvalue weighted by molar-refractivity contribution is -0.870. The number of quaternary nitrogens is 1. The van der Waals surface area contributed by atoms with Crippen LogP contribution in [0.25, 0.3) is 0 Å². The zero-order valence-corrected chi connectivity index (χ0v) is 35.8. The molecule has 0 amide bonds. The lowest BCUT2D eigenvalue weighted by Crippen LogP contribution is -2.37. The van der Waals surface area contributed by atoms with Crippen LogP contribution in [0.2, 0.25) is 0 Å². The second-order valence-corrected chi connectivity index (χ2v) is 17.9. The Bertz CT molecular complexity index is 944. The number of hydrogen-bond acceptors (Lipinski definition) is 9. The molecular weight excluding hydrogens is 693 g/mol. The summed E-state index contributed by atoms with van der Waals surface area (Å²) in [5, 5.41) is 0. The van der Waals surface area contributed by atoms with Gasteiger partial charge in [-0.1, -0.05) is 155 Å². The topological polar surface area (TPSA) is 124 Å². The lowest BCUT2D eigenvalue weighted by Gasteiger charge is -2.28. The van der Waals surface area contributed by atoms with Crippen LogP contribution < -0.4 is 4.89 Å². The molecule has 1 heterocycles. The van der Waals surface area contributed by atoms with Crippen molar-refractivity contribution in [2.45, 2.75) is 212 Å². The van der Waals surface area contributed by atoms with Crippen LogP contribution in [-0.4, -0.2) is 82.2 Å². The average molecular weight is 776 g/mol. The molecule has 3 unspecified atom stereocenters. The molecule has 0 aromatic heterocycles. The molecule has 0 bridgehead atoms. The van der Waals surface area contributed by atoms with E-state index in [2.05, 4.69) is 13.8 Å². The van der Waals surface area contributed by atoms with Crippen LogP contribution in [0.5, 0.6) is 0 Å². The number of rotatable bonds is 39. The molecule has 0 spiro atoms. The van der Waals surface area contributed by atoms with Crippen LogP contribution in [0.1, 0.15) is 194 Å². The van der Waals surface area contributed by atoms with Crippen LogP contribution in [0.3, 0.4) is 0 Å². The van der Waals surface area contributed by atoms with E-state index in [1.807, 2.05) is 21.1 Å². The molecule has 53 heavy (non-hydrogen) atoms. The molecule has 0 aromatic rings. The zero-order chi connectivity index (χ0) is 39.0. The van der Waals surface area contributed by atoms with Gasteiger partial charge >= 0.3 is 11.9 Å². The minimum atomic E-state index is -4.62. The van der Waals surface area contributed by atoms with Crippen molar-refractivity contribution in [3.05, 3.63) is 0 Å². The number of phosphoric acid groups is 1. The zero-order valence-electron chi connectivity index (χ0n) is 34.9. The predicted molar refractivity (Wildman–Crippen MR) is 213 cm³/mol. The highest BCUT2D eigenvalue weighted by Gasteiger charge is 2.36. The van der Waals surface area contributed by atoms with E-state index in [-0.39, 0.29) is 32.0 Å². The molecule has 0 aliphatic carbocycles. The minimum Gasteiger partial charge on any atom is -0.756 e. The third-order valence-corrected chi connectivity index (χ3v) is 11.0. The highest BCUT2D eigenvalue weighted by Crippen LogP contribution is 2.38. The van der Waals surface area contributed by atoms with E-state index in [4.69, 9.17) is 23.3 Å². The van der Waals surface area contributed by atoms with Gasteiger partial charge in [0, 0.05) is 12.8 Å². The monoisotopic (exact) mass is 776 g/mol. The summed E-state index contributed by atoms with van der Waals surface area (Å²) in [6.07, 6.45) is 31.3. The highest BCUT2D eigenvalue weighted by molar-refractivity contribution is 7.45. The normalized spacial score (nSPS) is 17.4. The van der Waals surface area contributed by atoms with Crippen molar-refractivity contribution in [2.24, 2.45) is 0 Å². The number of ether oxygens (including phenoxy) is 3. The molecule has 1 saturated heterocycles. The summed E-state index contributed by atoms with van der Waals surface area (Å²) in [7, 11) is 1.16. The fourth-order valence-corrected chi connectivity index (χ4v) is 7.23. The van der Waals surface area contributed by atoms with Gasteiger partial charge in [-0.05, 0) is 25.7 Å². The van der Waals surface area contributed by atoms with Gasteiger partial charge in [0.25, 0.3) is 7.82 Å². The smallest absolute Gasteiger partial charge is 0.306 e. The molecule has 1 fully saturated rings. The molecule has 10 nitrogen and oxygen atoms in total. The Labute approximate surface area is 325 Å². The number of esters is 2. The summed E-state index contributed by atoms with van der Waals surface area (Å²) in [6, 6.07) is 0. The summed E-state index contributed by atoms with van der Waals surface area (Å²) < 4.78 is 39.7. The van der Waals surface area contributed by atoms with Gasteiger partial charge in [0.05, 0.1) is 40.0 Å². The Balaban J connectivity index is 2.28.